The number of ether oxygens (including phenoxy) is 2. The highest BCUT2D eigenvalue weighted by atomic mass is 16.5. The van der Waals surface area contributed by atoms with Crippen LogP contribution >= 0.6 is 0 Å². The van der Waals surface area contributed by atoms with E-state index in [1.54, 1.807) is 32.2 Å². The molecule has 0 bridgehead atoms. The maximum atomic E-state index is 12.4. The topological polar surface area (TPSA) is 94.8 Å². The number of carbonyl (C=O) groups is 2. The van der Waals surface area contributed by atoms with Gasteiger partial charge in [-0.25, -0.2) is 9.59 Å². The lowest BCUT2D eigenvalue weighted by atomic mass is 10.0. The fourth-order valence-electron chi connectivity index (χ4n) is 3.90. The Hall–Kier alpha value is -3.87. The van der Waals surface area contributed by atoms with E-state index < -0.39 is 23.5 Å². The summed E-state index contributed by atoms with van der Waals surface area (Å²) in [6.45, 7) is 1.47. The predicted octanol–water partition coefficient (Wildman–Crippen LogP) is 3.55. The van der Waals surface area contributed by atoms with Crippen molar-refractivity contribution >= 4 is 28.9 Å². The maximum Gasteiger partial charge on any atom is 0.336 e. The Kier molecular flexibility index (Phi) is 6.58. The van der Waals surface area contributed by atoms with Gasteiger partial charge in [-0.2, -0.15) is 0 Å². The zero-order valence-corrected chi connectivity index (χ0v) is 18.6. The molecule has 0 fully saturated rings. The van der Waals surface area contributed by atoms with Crippen molar-refractivity contribution in [1.82, 2.24) is 5.32 Å². The van der Waals surface area contributed by atoms with Crippen molar-refractivity contribution in [2.24, 2.45) is 0 Å². The third kappa shape index (κ3) is 5.31. The largest absolute Gasteiger partial charge is 0.497 e. The molecule has 0 spiro atoms. The van der Waals surface area contributed by atoms with E-state index in [1.807, 2.05) is 24.3 Å². The highest BCUT2D eigenvalue weighted by molar-refractivity contribution is 5.94. The molecule has 1 atom stereocenters. The number of methoxy groups -OCH3 is 1. The number of aryl methyl sites for hydroxylation is 2. The second-order valence-corrected chi connectivity index (χ2v) is 8.01. The molecule has 33 heavy (non-hydrogen) atoms. The first kappa shape index (κ1) is 22.3. The Balaban J connectivity index is 1.37. The van der Waals surface area contributed by atoms with Crippen molar-refractivity contribution in [1.29, 1.82) is 0 Å². The van der Waals surface area contributed by atoms with Crippen LogP contribution < -0.4 is 15.7 Å². The van der Waals surface area contributed by atoms with E-state index in [2.05, 4.69) is 5.32 Å². The van der Waals surface area contributed by atoms with E-state index in [0.717, 1.165) is 36.0 Å². The number of esters is 1. The average Bonchev–Trinajstić information content (AvgIpc) is 3.27. The summed E-state index contributed by atoms with van der Waals surface area (Å²) in [4.78, 5) is 36.6. The first-order valence-electron chi connectivity index (χ1n) is 10.8. The van der Waals surface area contributed by atoms with Crippen molar-refractivity contribution in [3.63, 3.8) is 0 Å². The van der Waals surface area contributed by atoms with Crippen molar-refractivity contribution in [2.45, 2.75) is 38.8 Å². The molecule has 0 unspecified atom stereocenters. The second-order valence-electron chi connectivity index (χ2n) is 8.01. The predicted molar refractivity (Wildman–Crippen MR) is 124 cm³/mol. The van der Waals surface area contributed by atoms with Crippen LogP contribution in [0.2, 0.25) is 0 Å². The van der Waals surface area contributed by atoms with Gasteiger partial charge in [-0.15, -0.1) is 0 Å². The molecule has 2 aromatic carbocycles. The number of amides is 1. The van der Waals surface area contributed by atoms with Gasteiger partial charge in [-0.1, -0.05) is 12.1 Å². The van der Waals surface area contributed by atoms with E-state index in [9.17, 15) is 14.4 Å². The van der Waals surface area contributed by atoms with Gasteiger partial charge >= 0.3 is 11.6 Å². The van der Waals surface area contributed by atoms with E-state index >= 15 is 0 Å². The molecule has 1 amide bonds. The van der Waals surface area contributed by atoms with Gasteiger partial charge in [-0.05, 0) is 73.2 Å². The molecule has 0 radical (unpaired) electrons. The van der Waals surface area contributed by atoms with E-state index in [1.165, 1.54) is 23.3 Å². The highest BCUT2D eigenvalue weighted by Crippen LogP contribution is 2.28. The molecule has 1 N–H and O–H groups in total. The Morgan fingerprint density at radius 3 is 2.58 bits per heavy atom. The van der Waals surface area contributed by atoms with Gasteiger partial charge in [-0.3, -0.25) is 4.79 Å². The highest BCUT2D eigenvalue weighted by Gasteiger charge is 2.19. The van der Waals surface area contributed by atoms with Crippen molar-refractivity contribution in [3.8, 4) is 5.75 Å². The molecule has 4 rings (SSSR count). The fourth-order valence-corrected chi connectivity index (χ4v) is 3.90. The SMILES string of the molecule is COc1ccc(C=CC(=O)N[C@@H](C)C(=O)OCc2cc(=O)oc3cc4c(cc23)CCC4)cc1. The third-order valence-corrected chi connectivity index (χ3v) is 5.67. The first-order chi connectivity index (χ1) is 15.9. The normalized spacial score (nSPS) is 13.6. The smallest absolute Gasteiger partial charge is 0.336 e. The summed E-state index contributed by atoms with van der Waals surface area (Å²) >= 11 is 0. The van der Waals surface area contributed by atoms with Crippen LogP contribution in [0.5, 0.6) is 5.75 Å². The van der Waals surface area contributed by atoms with Crippen LogP contribution in [-0.4, -0.2) is 25.0 Å². The Labute approximate surface area is 191 Å². The zero-order chi connectivity index (χ0) is 23.4. The lowest BCUT2D eigenvalue weighted by Crippen LogP contribution is -2.38. The quantitative estimate of drug-likeness (QED) is 0.338. The minimum Gasteiger partial charge on any atom is -0.497 e. The lowest BCUT2D eigenvalue weighted by Gasteiger charge is -2.13. The van der Waals surface area contributed by atoms with Gasteiger partial charge in [0.05, 0.1) is 7.11 Å². The number of hydrogen-bond acceptors (Lipinski definition) is 6. The van der Waals surface area contributed by atoms with Crippen LogP contribution in [0.4, 0.5) is 0 Å². The summed E-state index contributed by atoms with van der Waals surface area (Å²) in [5.41, 5.74) is 3.84. The molecule has 1 aliphatic rings. The van der Waals surface area contributed by atoms with Crippen molar-refractivity contribution < 1.29 is 23.5 Å². The van der Waals surface area contributed by atoms with Gasteiger partial charge in [0.15, 0.2) is 0 Å². The fraction of sp³-hybridized carbons (Fsp3) is 0.269. The minimum absolute atomic E-state index is 0.0817. The van der Waals surface area contributed by atoms with Crippen molar-refractivity contribution in [2.75, 3.05) is 7.11 Å². The molecular formula is C26H25NO6. The molecule has 7 heteroatoms. The molecule has 170 valence electrons. The minimum atomic E-state index is -0.853. The van der Waals surface area contributed by atoms with Gasteiger partial charge in [0.2, 0.25) is 5.91 Å². The molecule has 7 nitrogen and oxygen atoms in total. The number of benzene rings is 2. The van der Waals surface area contributed by atoms with Crippen LogP contribution in [0.1, 0.15) is 35.6 Å². The molecule has 0 aliphatic heterocycles. The molecule has 0 saturated heterocycles. The van der Waals surface area contributed by atoms with Gasteiger partial charge in [0.25, 0.3) is 0 Å². The monoisotopic (exact) mass is 447 g/mol. The molecule has 1 aliphatic carbocycles. The van der Waals surface area contributed by atoms with E-state index in [-0.39, 0.29) is 6.61 Å². The zero-order valence-electron chi connectivity index (χ0n) is 18.6. The second kappa shape index (κ2) is 9.73. The molecule has 3 aromatic rings. The molecule has 0 saturated carbocycles. The average molecular weight is 447 g/mol. The summed E-state index contributed by atoms with van der Waals surface area (Å²) < 4.78 is 15.8. The van der Waals surface area contributed by atoms with Crippen LogP contribution in [0.25, 0.3) is 17.0 Å². The molecule has 1 aromatic heterocycles. The number of carbonyl (C=O) groups excluding carboxylic acids is 2. The van der Waals surface area contributed by atoms with Gasteiger partial charge in [0.1, 0.15) is 24.0 Å². The summed E-state index contributed by atoms with van der Waals surface area (Å²) in [5.74, 6) is -0.290. The Bertz CT molecular complexity index is 1270. The summed E-state index contributed by atoms with van der Waals surface area (Å²) in [6, 6.07) is 11.6. The van der Waals surface area contributed by atoms with Crippen LogP contribution in [0.15, 0.2) is 57.8 Å². The van der Waals surface area contributed by atoms with Crippen LogP contribution in [0, 0.1) is 0 Å². The summed E-state index contributed by atoms with van der Waals surface area (Å²) in [7, 11) is 1.58. The maximum absolute atomic E-state index is 12.4. The third-order valence-electron chi connectivity index (χ3n) is 5.67. The summed E-state index contributed by atoms with van der Waals surface area (Å²) in [5, 5.41) is 3.35. The van der Waals surface area contributed by atoms with Gasteiger partial charge < -0.3 is 19.2 Å². The Morgan fingerprint density at radius 1 is 1.12 bits per heavy atom. The van der Waals surface area contributed by atoms with Crippen molar-refractivity contribution in [3.05, 3.63) is 81.2 Å². The van der Waals surface area contributed by atoms with Gasteiger partial charge in [0, 0.05) is 23.1 Å². The molecular weight excluding hydrogens is 422 g/mol. The Morgan fingerprint density at radius 2 is 1.85 bits per heavy atom. The number of hydrogen-bond donors (Lipinski definition) is 1. The number of rotatable bonds is 7. The van der Waals surface area contributed by atoms with E-state index in [4.69, 9.17) is 13.9 Å². The van der Waals surface area contributed by atoms with Crippen LogP contribution in [0.3, 0.4) is 0 Å². The van der Waals surface area contributed by atoms with E-state index in [0.29, 0.717) is 11.1 Å². The first-order valence-corrected chi connectivity index (χ1v) is 10.8. The number of fused-ring (bicyclic) bond motifs is 2. The number of nitrogens with one attached hydrogen (secondary N) is 1. The lowest BCUT2D eigenvalue weighted by molar-refractivity contribution is -0.148. The summed E-state index contributed by atoms with van der Waals surface area (Å²) in [6.07, 6.45) is 6.02. The van der Waals surface area contributed by atoms with Crippen LogP contribution in [-0.2, 0) is 33.8 Å². The molecule has 1 heterocycles. The standard InChI is InChI=1S/C26H25NO6/c1-16(27-24(28)11-8-17-6-9-21(31-2)10-7-17)26(30)32-15-20-14-25(29)33-23-13-19-5-3-4-18(19)12-22(20)23/h6-14,16H,3-5,15H2,1-2H3,(H,27,28)/t16-/m0/s1.